The Morgan fingerprint density at radius 3 is 1.83 bits per heavy atom. The van der Waals surface area contributed by atoms with Crippen molar-refractivity contribution >= 4 is 50.0 Å². The molecule has 0 fully saturated rings. The molecule has 7 aromatic rings. The lowest BCUT2D eigenvalue weighted by Gasteiger charge is -2.25. The fourth-order valence-corrected chi connectivity index (χ4v) is 5.48. The van der Waals surface area contributed by atoms with E-state index in [1.807, 2.05) is 78.9 Å². The number of hydrogen-bond acceptors (Lipinski definition) is 10. The van der Waals surface area contributed by atoms with E-state index in [1.54, 1.807) is 42.7 Å². The van der Waals surface area contributed by atoms with E-state index >= 15 is 0 Å². The third-order valence-electron chi connectivity index (χ3n) is 7.81. The molecule has 0 radical (unpaired) electrons. The number of benzene rings is 5. The van der Waals surface area contributed by atoms with Gasteiger partial charge in [-0.2, -0.15) is 5.11 Å². The van der Waals surface area contributed by atoms with Crippen LogP contribution >= 0.6 is 0 Å². The Kier molecular flexibility index (Phi) is 8.35. The Bertz CT molecular complexity index is 2250. The van der Waals surface area contributed by atoms with Crippen LogP contribution in [-0.2, 0) is 13.1 Å². The smallest absolute Gasteiger partial charge is 0.143 e. The molecule has 0 atom stereocenters. The summed E-state index contributed by atoms with van der Waals surface area (Å²) in [5, 5.41) is 52.6. The maximum atomic E-state index is 10.8. The molecule has 234 valence electrons. The molecule has 48 heavy (non-hydrogen) atoms. The SMILES string of the molecule is Oc1ccc2c(/N=N/c3cc(/N=N/c4c(O)ccc5ccccc45)ccc3N(Cc3ccccn3)Cc3ccccn3)c(O)ccc2c1. The first-order chi connectivity index (χ1) is 23.5. The number of phenolic OH excluding ortho intramolecular Hbond substituents is 3. The summed E-state index contributed by atoms with van der Waals surface area (Å²) in [6, 6.07) is 36.1. The van der Waals surface area contributed by atoms with Crippen LogP contribution in [0.25, 0.3) is 21.5 Å². The van der Waals surface area contributed by atoms with E-state index < -0.39 is 0 Å². The van der Waals surface area contributed by atoms with Crippen LogP contribution in [0.5, 0.6) is 17.2 Å². The molecule has 2 heterocycles. The van der Waals surface area contributed by atoms with Crippen molar-refractivity contribution in [3.8, 4) is 17.2 Å². The Morgan fingerprint density at radius 2 is 1.15 bits per heavy atom. The molecule has 5 aromatic carbocycles. The highest BCUT2D eigenvalue weighted by Crippen LogP contribution is 2.41. The molecule has 0 saturated heterocycles. The van der Waals surface area contributed by atoms with Crippen molar-refractivity contribution in [1.82, 2.24) is 9.97 Å². The lowest BCUT2D eigenvalue weighted by molar-refractivity contribution is 0.474. The van der Waals surface area contributed by atoms with Crippen LogP contribution in [0.15, 0.2) is 154 Å². The van der Waals surface area contributed by atoms with Crippen LogP contribution in [-0.4, -0.2) is 25.3 Å². The summed E-state index contributed by atoms with van der Waals surface area (Å²) in [5.74, 6) is 0.0660. The molecule has 0 saturated carbocycles. The van der Waals surface area contributed by atoms with Gasteiger partial charge >= 0.3 is 0 Å². The van der Waals surface area contributed by atoms with E-state index in [4.69, 9.17) is 0 Å². The van der Waals surface area contributed by atoms with Gasteiger partial charge in [0.15, 0.2) is 0 Å². The second-order valence-electron chi connectivity index (χ2n) is 11.1. The number of phenols is 3. The lowest BCUT2D eigenvalue weighted by atomic mass is 10.1. The van der Waals surface area contributed by atoms with E-state index in [0.29, 0.717) is 40.9 Å². The van der Waals surface area contributed by atoms with Crippen molar-refractivity contribution in [1.29, 1.82) is 0 Å². The Morgan fingerprint density at radius 1 is 0.521 bits per heavy atom. The lowest BCUT2D eigenvalue weighted by Crippen LogP contribution is -2.23. The molecular weight excluding hydrogens is 602 g/mol. The van der Waals surface area contributed by atoms with Gasteiger partial charge in [-0.05, 0) is 83.6 Å². The zero-order valence-corrected chi connectivity index (χ0v) is 25.6. The zero-order chi connectivity index (χ0) is 32.9. The number of nitrogens with zero attached hydrogens (tertiary/aromatic N) is 7. The summed E-state index contributed by atoms with van der Waals surface area (Å²) in [5.41, 5.74) is 3.96. The van der Waals surface area contributed by atoms with Gasteiger partial charge < -0.3 is 20.2 Å². The number of pyridine rings is 2. The van der Waals surface area contributed by atoms with Gasteiger partial charge in [0.2, 0.25) is 0 Å². The fraction of sp³-hybridized carbons (Fsp3) is 0.0526. The van der Waals surface area contributed by atoms with E-state index in [9.17, 15) is 15.3 Å². The first kappa shape index (κ1) is 30.0. The van der Waals surface area contributed by atoms with Gasteiger partial charge in [-0.1, -0.05) is 48.5 Å². The van der Waals surface area contributed by atoms with Gasteiger partial charge in [-0.3, -0.25) is 9.97 Å². The molecule has 0 aliphatic carbocycles. The molecule has 2 aromatic heterocycles. The van der Waals surface area contributed by atoms with Crippen LogP contribution in [0.4, 0.5) is 28.4 Å². The van der Waals surface area contributed by atoms with E-state index in [2.05, 4.69) is 35.3 Å². The summed E-state index contributed by atoms with van der Waals surface area (Å²) in [6.45, 7) is 0.896. The quantitative estimate of drug-likeness (QED) is 0.136. The molecule has 10 heteroatoms. The minimum absolute atomic E-state index is 0.0170. The average molecular weight is 632 g/mol. The Labute approximate surface area is 275 Å². The standard InChI is InChI=1S/C38H29N7O3/c46-30-14-15-32-26(21-30)12-18-36(48)38(32)44-42-33-22-27(41-43-37-31-10-2-1-7-25(31)11-17-35(37)47)13-16-34(33)45(23-28-8-3-5-19-39-28)24-29-9-4-6-20-40-29/h1-22,46-48H,23-24H2/b43-41+,44-42+. The predicted molar refractivity (Wildman–Crippen MR) is 186 cm³/mol. The highest BCUT2D eigenvalue weighted by Gasteiger charge is 2.16. The monoisotopic (exact) mass is 631 g/mol. The molecule has 0 aliphatic heterocycles. The number of rotatable bonds is 9. The maximum Gasteiger partial charge on any atom is 0.143 e. The molecule has 10 nitrogen and oxygen atoms in total. The first-order valence-electron chi connectivity index (χ1n) is 15.2. The fourth-order valence-electron chi connectivity index (χ4n) is 5.48. The molecule has 0 spiro atoms. The topological polar surface area (TPSA) is 139 Å². The highest BCUT2D eigenvalue weighted by atomic mass is 16.3. The molecular formula is C38H29N7O3. The number of hydrogen-bond donors (Lipinski definition) is 3. The zero-order valence-electron chi connectivity index (χ0n) is 25.6. The van der Waals surface area contributed by atoms with Gasteiger partial charge in [0.05, 0.1) is 35.9 Å². The summed E-state index contributed by atoms with van der Waals surface area (Å²) < 4.78 is 0. The predicted octanol–water partition coefficient (Wildman–Crippen LogP) is 9.94. The first-order valence-corrected chi connectivity index (χ1v) is 15.2. The number of azo groups is 2. The van der Waals surface area contributed by atoms with Crippen LogP contribution < -0.4 is 4.90 Å². The van der Waals surface area contributed by atoms with E-state index in [0.717, 1.165) is 27.8 Å². The summed E-state index contributed by atoms with van der Waals surface area (Å²) >= 11 is 0. The van der Waals surface area contributed by atoms with Gasteiger partial charge in [0.1, 0.15) is 34.3 Å². The van der Waals surface area contributed by atoms with Crippen LogP contribution in [0.2, 0.25) is 0 Å². The number of aromatic hydroxyl groups is 3. The molecule has 0 bridgehead atoms. The number of anilines is 1. The molecule has 7 rings (SSSR count). The second kappa shape index (κ2) is 13.4. The third-order valence-corrected chi connectivity index (χ3v) is 7.81. The van der Waals surface area contributed by atoms with Gasteiger partial charge in [0, 0.05) is 23.2 Å². The van der Waals surface area contributed by atoms with E-state index in [1.165, 1.54) is 12.1 Å². The van der Waals surface area contributed by atoms with Gasteiger partial charge in [-0.25, -0.2) is 0 Å². The molecule has 0 unspecified atom stereocenters. The Hall–Kier alpha value is -6.68. The van der Waals surface area contributed by atoms with Crippen molar-refractivity contribution in [3.05, 3.63) is 145 Å². The summed E-state index contributed by atoms with van der Waals surface area (Å²) in [4.78, 5) is 11.2. The molecule has 3 N–H and O–H groups in total. The summed E-state index contributed by atoms with van der Waals surface area (Å²) in [6.07, 6.45) is 3.50. The van der Waals surface area contributed by atoms with Crippen molar-refractivity contribution < 1.29 is 15.3 Å². The minimum atomic E-state index is -0.0559. The van der Waals surface area contributed by atoms with Gasteiger partial charge in [-0.15, -0.1) is 15.3 Å². The van der Waals surface area contributed by atoms with Crippen LogP contribution in [0.3, 0.4) is 0 Å². The van der Waals surface area contributed by atoms with Crippen molar-refractivity contribution in [2.75, 3.05) is 4.90 Å². The van der Waals surface area contributed by atoms with Crippen molar-refractivity contribution in [2.45, 2.75) is 13.1 Å². The average Bonchev–Trinajstić information content (AvgIpc) is 3.11. The minimum Gasteiger partial charge on any atom is -0.508 e. The van der Waals surface area contributed by atoms with Crippen LogP contribution in [0, 0.1) is 0 Å². The summed E-state index contributed by atoms with van der Waals surface area (Å²) in [7, 11) is 0. The van der Waals surface area contributed by atoms with Crippen molar-refractivity contribution in [3.63, 3.8) is 0 Å². The number of fused-ring (bicyclic) bond motifs is 2. The van der Waals surface area contributed by atoms with Crippen LogP contribution in [0.1, 0.15) is 11.4 Å². The largest absolute Gasteiger partial charge is 0.508 e. The normalized spacial score (nSPS) is 11.6. The number of aromatic nitrogens is 2. The van der Waals surface area contributed by atoms with Gasteiger partial charge in [0.25, 0.3) is 0 Å². The maximum absolute atomic E-state index is 10.8. The second-order valence-corrected chi connectivity index (χ2v) is 11.1. The van der Waals surface area contributed by atoms with Crippen molar-refractivity contribution in [2.24, 2.45) is 20.5 Å². The molecule has 0 aliphatic rings. The Balaban J connectivity index is 1.35. The molecule has 0 amide bonds. The third kappa shape index (κ3) is 6.49. The highest BCUT2D eigenvalue weighted by molar-refractivity contribution is 5.96. The van der Waals surface area contributed by atoms with E-state index in [-0.39, 0.29) is 22.9 Å².